The van der Waals surface area contributed by atoms with Crippen molar-refractivity contribution in [3.63, 3.8) is 0 Å². The van der Waals surface area contributed by atoms with E-state index in [0.717, 1.165) is 5.39 Å². The molecule has 2 aromatic rings. The fourth-order valence-corrected chi connectivity index (χ4v) is 2.73. The van der Waals surface area contributed by atoms with Gasteiger partial charge in [-0.15, -0.1) is 0 Å². The second kappa shape index (κ2) is 6.64. The predicted octanol–water partition coefficient (Wildman–Crippen LogP) is 2.69. The number of ether oxygens (including phenoxy) is 1. The van der Waals surface area contributed by atoms with Crippen LogP contribution in [0.3, 0.4) is 0 Å². The molecule has 7 heteroatoms. The highest BCUT2D eigenvalue weighted by Crippen LogP contribution is 2.21. The second-order valence-electron chi connectivity index (χ2n) is 7.14. The highest BCUT2D eigenvalue weighted by Gasteiger charge is 2.31. The molecule has 26 heavy (non-hydrogen) atoms. The fraction of sp³-hybridized carbons (Fsp3) is 0.368. The Labute approximate surface area is 151 Å². The molecule has 1 aromatic carbocycles. The largest absolute Gasteiger partial charge is 0.444 e. The first-order valence-corrected chi connectivity index (χ1v) is 8.36. The molecule has 1 aliphatic rings. The average Bonchev–Trinajstić information content (AvgIpc) is 2.59. The zero-order chi connectivity index (χ0) is 18.9. The molecule has 0 radical (unpaired) electrons. The van der Waals surface area contributed by atoms with Crippen LogP contribution in [-0.2, 0) is 9.53 Å². The van der Waals surface area contributed by atoms with Crippen molar-refractivity contribution in [1.82, 2.24) is 9.88 Å². The average molecular weight is 352 g/mol. The van der Waals surface area contributed by atoms with Gasteiger partial charge < -0.3 is 4.74 Å². The van der Waals surface area contributed by atoms with E-state index in [1.807, 2.05) is 6.07 Å². The number of pyridine rings is 1. The smallest absolute Gasteiger partial charge is 0.410 e. The van der Waals surface area contributed by atoms with Crippen molar-refractivity contribution in [1.29, 1.82) is 5.26 Å². The summed E-state index contributed by atoms with van der Waals surface area (Å²) in [7, 11) is 0. The quantitative estimate of drug-likeness (QED) is 0.787. The number of aromatic nitrogens is 1. The van der Waals surface area contributed by atoms with Gasteiger partial charge in [0.05, 0.1) is 17.1 Å². The number of piperazine rings is 1. The van der Waals surface area contributed by atoms with Crippen LogP contribution in [0.2, 0.25) is 0 Å². The summed E-state index contributed by atoms with van der Waals surface area (Å²) in [5.41, 5.74) is 0.678. The van der Waals surface area contributed by atoms with Crippen molar-refractivity contribution in [2.75, 3.05) is 24.5 Å². The molecule has 0 unspecified atom stereocenters. The maximum Gasteiger partial charge on any atom is 0.410 e. The molecule has 0 spiro atoms. The molecule has 2 heterocycles. The van der Waals surface area contributed by atoms with E-state index >= 15 is 0 Å². The molecule has 1 aliphatic heterocycles. The lowest BCUT2D eigenvalue weighted by Gasteiger charge is -2.34. The van der Waals surface area contributed by atoms with E-state index in [1.165, 1.54) is 4.90 Å². The number of carbonyl (C=O) groups is 2. The Balaban J connectivity index is 1.75. The molecule has 7 nitrogen and oxygen atoms in total. The summed E-state index contributed by atoms with van der Waals surface area (Å²) in [6, 6.07) is 10.9. The molecule has 0 bridgehead atoms. The van der Waals surface area contributed by atoms with Gasteiger partial charge in [0.25, 0.3) is 0 Å². The minimum atomic E-state index is -0.598. The van der Waals surface area contributed by atoms with Crippen LogP contribution in [0.1, 0.15) is 26.3 Å². The van der Waals surface area contributed by atoms with Gasteiger partial charge in [-0.25, -0.2) is 9.78 Å². The van der Waals surface area contributed by atoms with Crippen LogP contribution in [0, 0.1) is 11.3 Å². The number of hydrogen-bond donors (Lipinski definition) is 0. The first-order chi connectivity index (χ1) is 12.3. The number of benzene rings is 1. The number of carbonyl (C=O) groups excluding carboxylic acids is 2. The molecule has 0 N–H and O–H groups in total. The number of anilines is 1. The molecule has 1 saturated heterocycles. The highest BCUT2D eigenvalue weighted by molar-refractivity contribution is 5.97. The van der Waals surface area contributed by atoms with Crippen molar-refractivity contribution in [2.24, 2.45) is 0 Å². The highest BCUT2D eigenvalue weighted by atomic mass is 16.6. The number of hydrogen-bond acceptors (Lipinski definition) is 5. The maximum absolute atomic E-state index is 12.5. The number of nitriles is 1. The predicted molar refractivity (Wildman–Crippen MR) is 96.6 cm³/mol. The Morgan fingerprint density at radius 3 is 2.65 bits per heavy atom. The Hall–Kier alpha value is -3.14. The molecule has 0 atom stereocenters. The van der Waals surface area contributed by atoms with E-state index in [-0.39, 0.29) is 12.5 Å². The molecular weight excluding hydrogens is 332 g/mol. The van der Waals surface area contributed by atoms with Gasteiger partial charge in [0.2, 0.25) is 5.91 Å². The van der Waals surface area contributed by atoms with Crippen LogP contribution in [0.4, 0.5) is 10.6 Å². The monoisotopic (exact) mass is 352 g/mol. The SMILES string of the molecule is CC(C)(C)OC(=O)N1CCN(c2ccc3cc(C#N)ccc3n2)C(=O)C1. The number of nitrogens with zero attached hydrogens (tertiary/aromatic N) is 4. The first-order valence-electron chi connectivity index (χ1n) is 8.36. The van der Waals surface area contributed by atoms with Crippen molar-refractivity contribution < 1.29 is 14.3 Å². The van der Waals surface area contributed by atoms with Crippen molar-refractivity contribution in [3.05, 3.63) is 35.9 Å². The van der Waals surface area contributed by atoms with E-state index < -0.39 is 11.7 Å². The van der Waals surface area contributed by atoms with Gasteiger partial charge in [-0.3, -0.25) is 14.6 Å². The maximum atomic E-state index is 12.5. The van der Waals surface area contributed by atoms with Crippen LogP contribution in [0.25, 0.3) is 10.9 Å². The summed E-state index contributed by atoms with van der Waals surface area (Å²) in [5, 5.41) is 9.81. The standard InChI is InChI=1S/C19H20N4O3/c1-19(2,3)26-18(25)22-8-9-23(17(24)12-22)16-7-5-14-10-13(11-20)4-6-15(14)21-16/h4-7,10H,8-9,12H2,1-3H3. The van der Waals surface area contributed by atoms with Crippen molar-refractivity contribution in [2.45, 2.75) is 26.4 Å². The van der Waals surface area contributed by atoms with E-state index in [9.17, 15) is 9.59 Å². The zero-order valence-electron chi connectivity index (χ0n) is 15.0. The van der Waals surface area contributed by atoms with Crippen LogP contribution >= 0.6 is 0 Å². The van der Waals surface area contributed by atoms with Crippen molar-refractivity contribution >= 4 is 28.7 Å². The Morgan fingerprint density at radius 2 is 2.00 bits per heavy atom. The lowest BCUT2D eigenvalue weighted by Crippen LogP contribution is -2.53. The van der Waals surface area contributed by atoms with Crippen molar-refractivity contribution in [3.8, 4) is 6.07 Å². The molecule has 1 aromatic heterocycles. The molecule has 1 fully saturated rings. The number of rotatable bonds is 1. The molecule has 2 amide bonds. The van der Waals surface area contributed by atoms with Crippen LogP contribution in [0.5, 0.6) is 0 Å². The van der Waals surface area contributed by atoms with E-state index in [0.29, 0.717) is 30.0 Å². The Kier molecular flexibility index (Phi) is 4.51. The first kappa shape index (κ1) is 17.7. The molecule has 3 rings (SSSR count). The van der Waals surface area contributed by atoms with Crippen LogP contribution in [-0.4, -0.2) is 47.1 Å². The summed E-state index contributed by atoms with van der Waals surface area (Å²) >= 11 is 0. The van der Waals surface area contributed by atoms with E-state index in [1.54, 1.807) is 49.9 Å². The number of amides is 2. The third-order valence-electron chi connectivity index (χ3n) is 3.95. The molecular formula is C19H20N4O3. The van der Waals surface area contributed by atoms with Gasteiger partial charge in [-0.2, -0.15) is 5.26 Å². The lowest BCUT2D eigenvalue weighted by atomic mass is 10.1. The molecule has 134 valence electrons. The lowest BCUT2D eigenvalue weighted by molar-refractivity contribution is -0.121. The van der Waals surface area contributed by atoms with Gasteiger partial charge in [-0.1, -0.05) is 0 Å². The summed E-state index contributed by atoms with van der Waals surface area (Å²) in [5.74, 6) is 0.332. The van der Waals surface area contributed by atoms with E-state index in [2.05, 4.69) is 11.1 Å². The van der Waals surface area contributed by atoms with E-state index in [4.69, 9.17) is 10.00 Å². The van der Waals surface area contributed by atoms with Crippen LogP contribution in [0.15, 0.2) is 30.3 Å². The Bertz CT molecular complexity index is 911. The van der Waals surface area contributed by atoms with Crippen LogP contribution < -0.4 is 4.90 Å². The summed E-state index contributed by atoms with van der Waals surface area (Å²) in [6.07, 6.45) is -0.485. The summed E-state index contributed by atoms with van der Waals surface area (Å²) in [4.78, 5) is 32.1. The zero-order valence-corrected chi connectivity index (χ0v) is 15.0. The molecule has 0 saturated carbocycles. The minimum Gasteiger partial charge on any atom is -0.444 e. The third kappa shape index (κ3) is 3.75. The van der Waals surface area contributed by atoms with Gasteiger partial charge in [0.15, 0.2) is 0 Å². The van der Waals surface area contributed by atoms with Gasteiger partial charge in [0.1, 0.15) is 18.0 Å². The fourth-order valence-electron chi connectivity index (χ4n) is 2.73. The number of fused-ring (bicyclic) bond motifs is 1. The molecule has 0 aliphatic carbocycles. The van der Waals surface area contributed by atoms with Gasteiger partial charge in [0, 0.05) is 18.5 Å². The minimum absolute atomic E-state index is 0.0397. The Morgan fingerprint density at radius 1 is 1.23 bits per heavy atom. The summed E-state index contributed by atoms with van der Waals surface area (Å²) in [6.45, 7) is 6.07. The topological polar surface area (TPSA) is 86.5 Å². The normalized spacial score (nSPS) is 15.1. The van der Waals surface area contributed by atoms with Gasteiger partial charge >= 0.3 is 6.09 Å². The third-order valence-corrected chi connectivity index (χ3v) is 3.95. The van der Waals surface area contributed by atoms with Gasteiger partial charge in [-0.05, 0) is 51.1 Å². The second-order valence-corrected chi connectivity index (χ2v) is 7.14. The summed E-state index contributed by atoms with van der Waals surface area (Å²) < 4.78 is 5.32.